The van der Waals surface area contributed by atoms with Gasteiger partial charge in [-0.05, 0) is 5.56 Å². The van der Waals surface area contributed by atoms with Gasteiger partial charge in [0, 0.05) is 5.56 Å². The number of hydrogen-bond donors (Lipinski definition) is 1. The summed E-state index contributed by atoms with van der Waals surface area (Å²) in [6.45, 7) is 4.05. The predicted molar refractivity (Wildman–Crippen MR) is 74.3 cm³/mol. The van der Waals surface area contributed by atoms with Crippen LogP contribution < -0.4 is 5.48 Å². The van der Waals surface area contributed by atoms with Gasteiger partial charge in [0.1, 0.15) is 5.70 Å². The molecule has 2 rings (SSSR count). The van der Waals surface area contributed by atoms with Gasteiger partial charge in [-0.1, -0.05) is 67.2 Å². The van der Waals surface area contributed by atoms with Crippen molar-refractivity contribution >= 4 is 5.78 Å². The first-order valence-electron chi connectivity index (χ1n) is 5.98. The lowest BCUT2D eigenvalue weighted by molar-refractivity contribution is 0.0460. The number of allylic oxidation sites excluding steroid dienone is 1. The van der Waals surface area contributed by atoms with Crippen molar-refractivity contribution in [1.82, 2.24) is 5.48 Å². The summed E-state index contributed by atoms with van der Waals surface area (Å²) in [4.78, 5) is 17.2. The SMILES string of the molecule is C=C(NOCc1ccccc1)C(=O)c1ccccc1. The largest absolute Gasteiger partial charge is 0.287 e. The van der Waals surface area contributed by atoms with Crippen molar-refractivity contribution in [2.45, 2.75) is 6.61 Å². The Morgan fingerprint density at radius 3 is 2.21 bits per heavy atom. The molecule has 0 saturated heterocycles. The molecule has 0 aliphatic carbocycles. The van der Waals surface area contributed by atoms with Gasteiger partial charge in [0.05, 0.1) is 6.61 Å². The highest BCUT2D eigenvalue weighted by atomic mass is 16.6. The first-order valence-corrected chi connectivity index (χ1v) is 5.98. The molecule has 0 fully saturated rings. The number of nitrogens with one attached hydrogen (secondary N) is 1. The Kier molecular flexibility index (Phi) is 4.48. The Hall–Kier alpha value is -2.39. The minimum Gasteiger partial charge on any atom is -0.287 e. The summed E-state index contributed by atoms with van der Waals surface area (Å²) >= 11 is 0. The Balaban J connectivity index is 1.84. The van der Waals surface area contributed by atoms with Crippen LogP contribution in [0, 0.1) is 0 Å². The van der Waals surface area contributed by atoms with Gasteiger partial charge in [-0.3, -0.25) is 15.1 Å². The van der Waals surface area contributed by atoms with E-state index >= 15 is 0 Å². The van der Waals surface area contributed by atoms with E-state index in [1.54, 1.807) is 12.1 Å². The Bertz CT molecular complexity index is 549. The molecule has 19 heavy (non-hydrogen) atoms. The maximum absolute atomic E-state index is 11.9. The molecule has 0 radical (unpaired) electrons. The van der Waals surface area contributed by atoms with Crippen LogP contribution in [-0.2, 0) is 11.4 Å². The third-order valence-electron chi connectivity index (χ3n) is 2.59. The first kappa shape index (κ1) is 13.1. The Morgan fingerprint density at radius 2 is 1.58 bits per heavy atom. The van der Waals surface area contributed by atoms with Crippen molar-refractivity contribution in [1.29, 1.82) is 0 Å². The summed E-state index contributed by atoms with van der Waals surface area (Å²) < 4.78 is 0. The average molecular weight is 253 g/mol. The molecule has 0 spiro atoms. The molecule has 3 heteroatoms. The van der Waals surface area contributed by atoms with E-state index in [1.165, 1.54) is 0 Å². The second kappa shape index (κ2) is 6.52. The zero-order valence-corrected chi connectivity index (χ0v) is 10.5. The van der Waals surface area contributed by atoms with Crippen LogP contribution in [0.15, 0.2) is 72.9 Å². The summed E-state index contributed by atoms with van der Waals surface area (Å²) in [5.41, 5.74) is 4.42. The van der Waals surface area contributed by atoms with Gasteiger partial charge in [0.15, 0.2) is 0 Å². The maximum Gasteiger partial charge on any atom is 0.210 e. The number of carbonyl (C=O) groups excluding carboxylic acids is 1. The van der Waals surface area contributed by atoms with E-state index in [0.717, 1.165) is 5.56 Å². The molecule has 0 bridgehead atoms. The molecule has 0 atom stereocenters. The fraction of sp³-hybridized carbons (Fsp3) is 0.0625. The highest BCUT2D eigenvalue weighted by Crippen LogP contribution is 2.05. The molecule has 0 aliphatic heterocycles. The first-order chi connectivity index (χ1) is 9.27. The van der Waals surface area contributed by atoms with Gasteiger partial charge in [0.2, 0.25) is 5.78 Å². The number of ketones is 1. The number of Topliss-reactive ketones (excluding diaryl/α,β-unsaturated/α-hetero) is 1. The lowest BCUT2D eigenvalue weighted by atomic mass is 10.1. The van der Waals surface area contributed by atoms with Crippen LogP contribution in [-0.4, -0.2) is 5.78 Å². The number of benzene rings is 2. The van der Waals surface area contributed by atoms with Gasteiger partial charge in [-0.15, -0.1) is 0 Å². The van der Waals surface area contributed by atoms with Gasteiger partial charge in [0.25, 0.3) is 0 Å². The summed E-state index contributed by atoms with van der Waals surface area (Å²) in [5.74, 6) is -0.173. The molecule has 96 valence electrons. The molecule has 3 nitrogen and oxygen atoms in total. The van der Waals surface area contributed by atoms with E-state index in [2.05, 4.69) is 12.1 Å². The monoisotopic (exact) mass is 253 g/mol. The number of rotatable bonds is 6. The van der Waals surface area contributed by atoms with Crippen LogP contribution >= 0.6 is 0 Å². The fourth-order valence-electron chi connectivity index (χ4n) is 1.59. The number of hydroxylamine groups is 1. The molecule has 0 aromatic heterocycles. The predicted octanol–water partition coefficient (Wildman–Crippen LogP) is 3.10. The van der Waals surface area contributed by atoms with Gasteiger partial charge < -0.3 is 0 Å². The van der Waals surface area contributed by atoms with Crippen LogP contribution in [0.25, 0.3) is 0 Å². The molecular formula is C16H15NO2. The molecule has 2 aromatic rings. The van der Waals surface area contributed by atoms with Gasteiger partial charge in [-0.25, -0.2) is 0 Å². The molecule has 0 unspecified atom stereocenters. The fourth-order valence-corrected chi connectivity index (χ4v) is 1.59. The Morgan fingerprint density at radius 1 is 1.00 bits per heavy atom. The van der Waals surface area contributed by atoms with E-state index in [9.17, 15) is 4.79 Å². The standard InChI is InChI=1S/C16H15NO2/c1-13(16(18)15-10-6-3-7-11-15)17-19-12-14-8-4-2-5-9-14/h2-11,17H,1,12H2. The highest BCUT2D eigenvalue weighted by molar-refractivity contribution is 6.07. The number of carbonyl (C=O) groups is 1. The second-order valence-electron chi connectivity index (χ2n) is 4.05. The van der Waals surface area contributed by atoms with Crippen LogP contribution in [0.3, 0.4) is 0 Å². The lowest BCUT2D eigenvalue weighted by Gasteiger charge is -2.09. The van der Waals surface area contributed by atoms with Crippen LogP contribution in [0.5, 0.6) is 0 Å². The van der Waals surface area contributed by atoms with Gasteiger partial charge >= 0.3 is 0 Å². The molecular weight excluding hydrogens is 238 g/mol. The topological polar surface area (TPSA) is 38.3 Å². The van der Waals surface area contributed by atoms with E-state index in [0.29, 0.717) is 12.2 Å². The minimum atomic E-state index is -0.173. The van der Waals surface area contributed by atoms with Crippen molar-refractivity contribution in [2.24, 2.45) is 0 Å². The third kappa shape index (κ3) is 3.79. The lowest BCUT2D eigenvalue weighted by Crippen LogP contribution is -2.20. The van der Waals surface area contributed by atoms with E-state index in [4.69, 9.17) is 4.84 Å². The highest BCUT2D eigenvalue weighted by Gasteiger charge is 2.09. The molecule has 0 heterocycles. The number of hydrogen-bond acceptors (Lipinski definition) is 3. The maximum atomic E-state index is 11.9. The third-order valence-corrected chi connectivity index (χ3v) is 2.59. The van der Waals surface area contributed by atoms with Gasteiger partial charge in [-0.2, -0.15) is 0 Å². The summed E-state index contributed by atoms with van der Waals surface area (Å²) in [5, 5.41) is 0. The van der Waals surface area contributed by atoms with E-state index in [-0.39, 0.29) is 11.5 Å². The quantitative estimate of drug-likeness (QED) is 0.488. The van der Waals surface area contributed by atoms with Crippen LogP contribution in [0.4, 0.5) is 0 Å². The van der Waals surface area contributed by atoms with Crippen LogP contribution in [0.2, 0.25) is 0 Å². The summed E-state index contributed by atoms with van der Waals surface area (Å²) in [6, 6.07) is 18.7. The molecule has 2 aromatic carbocycles. The summed E-state index contributed by atoms with van der Waals surface area (Å²) in [6.07, 6.45) is 0. The van der Waals surface area contributed by atoms with Crippen LogP contribution in [0.1, 0.15) is 15.9 Å². The Labute approximate surface area is 112 Å². The molecule has 0 saturated carbocycles. The van der Waals surface area contributed by atoms with Crippen molar-refractivity contribution in [2.75, 3.05) is 0 Å². The van der Waals surface area contributed by atoms with Crippen molar-refractivity contribution in [3.63, 3.8) is 0 Å². The van der Waals surface area contributed by atoms with E-state index < -0.39 is 0 Å². The van der Waals surface area contributed by atoms with E-state index in [1.807, 2.05) is 48.5 Å². The zero-order valence-electron chi connectivity index (χ0n) is 10.5. The smallest absolute Gasteiger partial charge is 0.210 e. The minimum absolute atomic E-state index is 0.173. The molecule has 1 N–H and O–H groups in total. The van der Waals surface area contributed by atoms with Crippen molar-refractivity contribution < 1.29 is 9.63 Å². The zero-order chi connectivity index (χ0) is 13.5. The van der Waals surface area contributed by atoms with Crippen molar-refractivity contribution in [3.8, 4) is 0 Å². The summed E-state index contributed by atoms with van der Waals surface area (Å²) in [7, 11) is 0. The second-order valence-corrected chi connectivity index (χ2v) is 4.05. The molecule has 0 aliphatic rings. The van der Waals surface area contributed by atoms with Crippen molar-refractivity contribution in [3.05, 3.63) is 84.1 Å². The average Bonchev–Trinajstić information content (AvgIpc) is 2.48. The molecule has 0 amide bonds. The normalized spacial score (nSPS) is 9.89.